The summed E-state index contributed by atoms with van der Waals surface area (Å²) in [6.07, 6.45) is 1.02. The van der Waals surface area contributed by atoms with Gasteiger partial charge in [-0.25, -0.2) is 0 Å². The summed E-state index contributed by atoms with van der Waals surface area (Å²) in [7, 11) is 0. The van der Waals surface area contributed by atoms with Crippen molar-refractivity contribution in [2.45, 2.75) is 20.0 Å². The van der Waals surface area contributed by atoms with E-state index in [1.54, 1.807) is 0 Å². The van der Waals surface area contributed by atoms with Crippen LogP contribution in [0.4, 0.5) is 5.13 Å². The van der Waals surface area contributed by atoms with Crippen molar-refractivity contribution in [3.05, 3.63) is 5.01 Å². The van der Waals surface area contributed by atoms with Crippen LogP contribution in [0, 0.1) is 0 Å². The zero-order chi connectivity index (χ0) is 8.10. The Kier molecular flexibility index (Phi) is 3.25. The Labute approximate surface area is 69.4 Å². The van der Waals surface area contributed by atoms with Crippen molar-refractivity contribution >= 4 is 16.5 Å². The van der Waals surface area contributed by atoms with Crippen LogP contribution in [0.15, 0.2) is 0 Å². The summed E-state index contributed by atoms with van der Waals surface area (Å²) in [5.41, 5.74) is 5.37. The summed E-state index contributed by atoms with van der Waals surface area (Å²) in [6, 6.07) is 0. The van der Waals surface area contributed by atoms with Crippen LogP contribution in [-0.2, 0) is 11.3 Å². The van der Waals surface area contributed by atoms with Crippen LogP contribution in [0.25, 0.3) is 0 Å². The Bertz CT molecular complexity index is 213. The van der Waals surface area contributed by atoms with Gasteiger partial charge in [-0.2, -0.15) is 0 Å². The second kappa shape index (κ2) is 4.25. The number of nitrogens with zero attached hydrogens (tertiary/aromatic N) is 2. The fourth-order valence-corrected chi connectivity index (χ4v) is 1.18. The van der Waals surface area contributed by atoms with E-state index in [1.165, 1.54) is 11.3 Å². The maximum Gasteiger partial charge on any atom is 0.203 e. The summed E-state index contributed by atoms with van der Waals surface area (Å²) >= 11 is 1.37. The number of anilines is 1. The van der Waals surface area contributed by atoms with E-state index in [2.05, 4.69) is 17.1 Å². The van der Waals surface area contributed by atoms with Gasteiger partial charge in [0.2, 0.25) is 5.13 Å². The molecule has 0 aliphatic heterocycles. The molecular weight excluding hydrogens is 162 g/mol. The molecular formula is C6H11N3OS. The third-order valence-corrected chi connectivity index (χ3v) is 1.78. The van der Waals surface area contributed by atoms with Gasteiger partial charge in [-0.05, 0) is 6.42 Å². The molecule has 0 aliphatic carbocycles. The number of rotatable bonds is 4. The van der Waals surface area contributed by atoms with Crippen molar-refractivity contribution < 1.29 is 4.74 Å². The normalized spacial score (nSPS) is 10.3. The van der Waals surface area contributed by atoms with Crippen LogP contribution < -0.4 is 5.73 Å². The van der Waals surface area contributed by atoms with Crippen LogP contribution in [0.2, 0.25) is 0 Å². The van der Waals surface area contributed by atoms with Gasteiger partial charge in [-0.15, -0.1) is 10.2 Å². The average molecular weight is 173 g/mol. The molecule has 1 rings (SSSR count). The molecule has 62 valence electrons. The molecule has 0 fully saturated rings. The standard InChI is InChI=1S/C6H11N3OS/c1-2-3-10-4-5-8-9-6(7)11-5/h2-4H2,1H3,(H2,7,9). The minimum atomic E-state index is 0.500. The number of hydrogen-bond donors (Lipinski definition) is 1. The van der Waals surface area contributed by atoms with Crippen molar-refractivity contribution in [1.82, 2.24) is 10.2 Å². The van der Waals surface area contributed by atoms with Crippen molar-refractivity contribution in [3.63, 3.8) is 0 Å². The summed E-state index contributed by atoms with van der Waals surface area (Å²) in [5, 5.41) is 8.81. The highest BCUT2D eigenvalue weighted by Crippen LogP contribution is 2.11. The SMILES string of the molecule is CCCOCc1nnc(N)s1. The number of aromatic nitrogens is 2. The van der Waals surface area contributed by atoms with E-state index in [-0.39, 0.29) is 0 Å². The van der Waals surface area contributed by atoms with E-state index in [4.69, 9.17) is 10.5 Å². The van der Waals surface area contributed by atoms with Gasteiger partial charge in [-0.3, -0.25) is 0 Å². The summed E-state index contributed by atoms with van der Waals surface area (Å²) in [4.78, 5) is 0. The number of nitrogen functional groups attached to an aromatic ring is 1. The van der Waals surface area contributed by atoms with Crippen molar-refractivity contribution in [2.24, 2.45) is 0 Å². The third kappa shape index (κ3) is 2.81. The molecule has 1 aromatic heterocycles. The minimum absolute atomic E-state index is 0.500. The van der Waals surface area contributed by atoms with E-state index < -0.39 is 0 Å². The fourth-order valence-electron chi connectivity index (χ4n) is 0.629. The van der Waals surface area contributed by atoms with Crippen LogP contribution in [0.1, 0.15) is 18.4 Å². The topological polar surface area (TPSA) is 61.0 Å². The molecule has 4 nitrogen and oxygen atoms in total. The quantitative estimate of drug-likeness (QED) is 0.691. The molecule has 5 heteroatoms. The first-order valence-corrected chi connectivity index (χ1v) is 4.30. The molecule has 2 N–H and O–H groups in total. The zero-order valence-electron chi connectivity index (χ0n) is 6.41. The lowest BCUT2D eigenvalue weighted by Gasteiger charge is -1.95. The molecule has 1 heterocycles. The smallest absolute Gasteiger partial charge is 0.203 e. The first-order valence-electron chi connectivity index (χ1n) is 3.48. The molecule has 1 aromatic rings. The van der Waals surface area contributed by atoms with Crippen molar-refractivity contribution in [2.75, 3.05) is 12.3 Å². The van der Waals surface area contributed by atoms with Crippen LogP contribution in [-0.4, -0.2) is 16.8 Å². The Morgan fingerprint density at radius 2 is 2.36 bits per heavy atom. The highest BCUT2D eigenvalue weighted by atomic mass is 32.1. The van der Waals surface area contributed by atoms with Gasteiger partial charge in [-0.1, -0.05) is 18.3 Å². The molecule has 0 aromatic carbocycles. The molecule has 11 heavy (non-hydrogen) atoms. The Morgan fingerprint density at radius 1 is 1.55 bits per heavy atom. The van der Waals surface area contributed by atoms with E-state index in [9.17, 15) is 0 Å². The van der Waals surface area contributed by atoms with E-state index >= 15 is 0 Å². The molecule has 0 spiro atoms. The molecule has 0 atom stereocenters. The van der Waals surface area contributed by atoms with E-state index in [0.717, 1.165) is 18.0 Å². The molecule has 0 aliphatic rings. The molecule has 0 radical (unpaired) electrons. The Balaban J connectivity index is 2.27. The van der Waals surface area contributed by atoms with Gasteiger partial charge in [0.15, 0.2) is 0 Å². The molecule has 0 amide bonds. The summed E-state index contributed by atoms with van der Waals surface area (Å²) < 4.78 is 5.23. The van der Waals surface area contributed by atoms with Crippen LogP contribution in [0.5, 0.6) is 0 Å². The van der Waals surface area contributed by atoms with Gasteiger partial charge in [0.1, 0.15) is 11.6 Å². The van der Waals surface area contributed by atoms with Crippen LogP contribution in [0.3, 0.4) is 0 Å². The summed E-state index contributed by atoms with van der Waals surface area (Å²) in [6.45, 7) is 3.36. The lowest BCUT2D eigenvalue weighted by Crippen LogP contribution is -1.92. The van der Waals surface area contributed by atoms with Gasteiger partial charge < -0.3 is 10.5 Å². The third-order valence-electron chi connectivity index (χ3n) is 1.06. The molecule has 0 bridgehead atoms. The van der Waals surface area contributed by atoms with Crippen LogP contribution >= 0.6 is 11.3 Å². The van der Waals surface area contributed by atoms with Gasteiger partial charge in [0, 0.05) is 6.61 Å². The second-order valence-electron chi connectivity index (χ2n) is 2.09. The van der Waals surface area contributed by atoms with Gasteiger partial charge in [0.25, 0.3) is 0 Å². The Hall–Kier alpha value is -0.680. The largest absolute Gasteiger partial charge is 0.374 e. The zero-order valence-corrected chi connectivity index (χ0v) is 7.23. The molecule has 0 saturated heterocycles. The molecule has 0 saturated carbocycles. The first-order chi connectivity index (χ1) is 5.33. The highest BCUT2D eigenvalue weighted by molar-refractivity contribution is 7.15. The number of hydrogen-bond acceptors (Lipinski definition) is 5. The predicted molar refractivity (Wildman–Crippen MR) is 44.3 cm³/mol. The number of ether oxygens (including phenoxy) is 1. The monoisotopic (exact) mass is 173 g/mol. The fraction of sp³-hybridized carbons (Fsp3) is 0.667. The highest BCUT2D eigenvalue weighted by Gasteiger charge is 1.99. The van der Waals surface area contributed by atoms with Crippen molar-refractivity contribution in [1.29, 1.82) is 0 Å². The predicted octanol–water partition coefficient (Wildman–Crippen LogP) is 1.05. The van der Waals surface area contributed by atoms with Gasteiger partial charge >= 0.3 is 0 Å². The molecule has 0 unspecified atom stereocenters. The second-order valence-corrected chi connectivity index (χ2v) is 3.18. The van der Waals surface area contributed by atoms with E-state index in [1.807, 2.05) is 0 Å². The first kappa shape index (κ1) is 8.42. The van der Waals surface area contributed by atoms with Crippen molar-refractivity contribution in [3.8, 4) is 0 Å². The Morgan fingerprint density at radius 3 is 2.91 bits per heavy atom. The minimum Gasteiger partial charge on any atom is -0.374 e. The van der Waals surface area contributed by atoms with Gasteiger partial charge in [0.05, 0.1) is 0 Å². The van der Waals surface area contributed by atoms with E-state index in [0.29, 0.717) is 11.7 Å². The maximum absolute atomic E-state index is 5.37. The maximum atomic E-state index is 5.37. The average Bonchev–Trinajstić information content (AvgIpc) is 2.37. The summed E-state index contributed by atoms with van der Waals surface area (Å²) in [5.74, 6) is 0. The lowest BCUT2D eigenvalue weighted by atomic mass is 10.5. The number of nitrogens with two attached hydrogens (primary N) is 1. The lowest BCUT2D eigenvalue weighted by molar-refractivity contribution is 0.121.